The summed E-state index contributed by atoms with van der Waals surface area (Å²) in [5, 5.41) is 19.9. The van der Waals surface area contributed by atoms with Crippen molar-refractivity contribution in [2.24, 2.45) is 0 Å². The molecule has 5 nitrogen and oxygen atoms in total. The number of hydrogen-bond acceptors (Lipinski definition) is 3. The van der Waals surface area contributed by atoms with Crippen molar-refractivity contribution < 1.29 is 19.7 Å². The molecule has 0 aliphatic rings. The Hall–Kier alpha value is -1.46. The molecule has 0 fully saturated rings. The number of hydrogen-bond donors (Lipinski definition) is 3. The predicted molar refractivity (Wildman–Crippen MR) is 73.0 cm³/mol. The van der Waals surface area contributed by atoms with Crippen molar-refractivity contribution in [2.45, 2.75) is 18.9 Å². The first kappa shape index (κ1) is 15.6. The average Bonchev–Trinajstić information content (AvgIpc) is 2.39. The Morgan fingerprint density at radius 2 is 2.05 bits per heavy atom. The van der Waals surface area contributed by atoms with E-state index in [-0.39, 0.29) is 6.61 Å². The van der Waals surface area contributed by atoms with Gasteiger partial charge in [0.2, 0.25) is 0 Å². The molecule has 0 spiro atoms. The van der Waals surface area contributed by atoms with Crippen LogP contribution in [-0.4, -0.2) is 41.4 Å². The van der Waals surface area contributed by atoms with Crippen LogP contribution in [0.2, 0.25) is 0 Å². The highest BCUT2D eigenvalue weighted by molar-refractivity contribution is 6.17. The lowest BCUT2D eigenvalue weighted by atomic mass is 10.1. The lowest BCUT2D eigenvalue weighted by molar-refractivity contribution is 0.177. The number of alkyl halides is 1. The molecule has 19 heavy (non-hydrogen) atoms. The molecule has 0 aromatic heterocycles. The molecule has 6 heteroatoms. The molecule has 0 heterocycles. The van der Waals surface area contributed by atoms with Gasteiger partial charge >= 0.3 is 6.09 Å². The van der Waals surface area contributed by atoms with Gasteiger partial charge in [-0.2, -0.15) is 0 Å². The molecule has 1 aromatic rings. The Morgan fingerprint density at radius 1 is 1.37 bits per heavy atom. The number of nitrogens with one attached hydrogen (secondary N) is 1. The summed E-state index contributed by atoms with van der Waals surface area (Å²) in [6.07, 6.45) is 0.0866. The Kier molecular flexibility index (Phi) is 7.07. The first-order valence-electron chi connectivity index (χ1n) is 6.03. The molecule has 1 atom stereocenters. The fourth-order valence-electron chi connectivity index (χ4n) is 1.59. The van der Waals surface area contributed by atoms with E-state index in [1.807, 2.05) is 24.3 Å². The molecule has 0 saturated heterocycles. The van der Waals surface area contributed by atoms with Gasteiger partial charge in [-0.3, -0.25) is 0 Å². The van der Waals surface area contributed by atoms with Crippen molar-refractivity contribution in [1.29, 1.82) is 0 Å². The lowest BCUT2D eigenvalue weighted by Crippen LogP contribution is -2.38. The van der Waals surface area contributed by atoms with E-state index in [2.05, 4.69) is 5.32 Å². The van der Waals surface area contributed by atoms with Gasteiger partial charge in [0, 0.05) is 5.88 Å². The Labute approximate surface area is 117 Å². The van der Waals surface area contributed by atoms with E-state index in [4.69, 9.17) is 26.6 Å². The van der Waals surface area contributed by atoms with Crippen molar-refractivity contribution in [1.82, 2.24) is 5.32 Å². The number of halogens is 1. The fraction of sp³-hybridized carbons (Fsp3) is 0.462. The standard InChI is InChI=1S/C13H18ClNO4/c14-6-1-7-19-12-4-2-10(3-5-12)8-11(9-16)15-13(17)18/h2-5,11,15-16H,1,6-9H2,(H,17,18). The highest BCUT2D eigenvalue weighted by Crippen LogP contribution is 2.13. The number of carbonyl (C=O) groups is 1. The Morgan fingerprint density at radius 3 is 2.58 bits per heavy atom. The number of ether oxygens (including phenoxy) is 1. The fourth-order valence-corrected chi connectivity index (χ4v) is 1.70. The average molecular weight is 288 g/mol. The zero-order valence-corrected chi connectivity index (χ0v) is 11.3. The van der Waals surface area contributed by atoms with Crippen LogP contribution >= 0.6 is 11.6 Å². The van der Waals surface area contributed by atoms with Gasteiger partial charge in [0.05, 0.1) is 19.3 Å². The zero-order chi connectivity index (χ0) is 14.1. The summed E-state index contributed by atoms with van der Waals surface area (Å²) in [5.41, 5.74) is 0.928. The maximum absolute atomic E-state index is 10.5. The van der Waals surface area contributed by atoms with E-state index in [9.17, 15) is 4.79 Å². The van der Waals surface area contributed by atoms with Crippen molar-refractivity contribution >= 4 is 17.7 Å². The third kappa shape index (κ3) is 6.31. The van der Waals surface area contributed by atoms with Crippen molar-refractivity contribution in [2.75, 3.05) is 19.1 Å². The van der Waals surface area contributed by atoms with Crippen LogP contribution < -0.4 is 10.1 Å². The van der Waals surface area contributed by atoms with Gasteiger partial charge in [-0.1, -0.05) is 12.1 Å². The van der Waals surface area contributed by atoms with Crippen LogP contribution in [0.1, 0.15) is 12.0 Å². The first-order valence-corrected chi connectivity index (χ1v) is 6.57. The van der Waals surface area contributed by atoms with Crippen molar-refractivity contribution in [3.8, 4) is 5.75 Å². The topological polar surface area (TPSA) is 78.8 Å². The van der Waals surface area contributed by atoms with E-state index in [1.165, 1.54) is 0 Å². The van der Waals surface area contributed by atoms with E-state index in [0.29, 0.717) is 18.9 Å². The number of aliphatic hydroxyl groups is 1. The zero-order valence-electron chi connectivity index (χ0n) is 10.5. The quantitative estimate of drug-likeness (QED) is 0.504. The summed E-state index contributed by atoms with van der Waals surface area (Å²) in [4.78, 5) is 10.5. The SMILES string of the molecule is O=C(O)NC(CO)Cc1ccc(OCCCCl)cc1. The molecule has 1 unspecified atom stereocenters. The van der Waals surface area contributed by atoms with Gasteiger partial charge in [-0.15, -0.1) is 11.6 Å². The molecule has 0 radical (unpaired) electrons. The third-order valence-corrected chi connectivity index (χ3v) is 2.77. The van der Waals surface area contributed by atoms with Gasteiger partial charge in [-0.25, -0.2) is 4.79 Å². The Balaban J connectivity index is 2.48. The second-order valence-corrected chi connectivity index (χ2v) is 4.45. The molecule has 1 aromatic carbocycles. The summed E-state index contributed by atoms with van der Waals surface area (Å²) < 4.78 is 5.45. The molecule has 0 aliphatic carbocycles. The second-order valence-electron chi connectivity index (χ2n) is 4.07. The van der Waals surface area contributed by atoms with Crippen molar-refractivity contribution in [3.63, 3.8) is 0 Å². The van der Waals surface area contributed by atoms with Gasteiger partial charge in [-0.05, 0) is 30.5 Å². The van der Waals surface area contributed by atoms with Crippen LogP contribution in [0.15, 0.2) is 24.3 Å². The second kappa shape index (κ2) is 8.61. The van der Waals surface area contributed by atoms with Crippen LogP contribution in [-0.2, 0) is 6.42 Å². The summed E-state index contributed by atoms with van der Waals surface area (Å²) >= 11 is 5.55. The molecule has 0 bridgehead atoms. The van der Waals surface area contributed by atoms with Gasteiger partial charge in [0.25, 0.3) is 0 Å². The van der Waals surface area contributed by atoms with Crippen LogP contribution in [0.5, 0.6) is 5.75 Å². The molecule has 1 amide bonds. The molecule has 3 N–H and O–H groups in total. The molecule has 0 aliphatic heterocycles. The maximum Gasteiger partial charge on any atom is 0.404 e. The van der Waals surface area contributed by atoms with Crippen LogP contribution in [0.3, 0.4) is 0 Å². The lowest BCUT2D eigenvalue weighted by Gasteiger charge is -2.14. The van der Waals surface area contributed by atoms with Gasteiger partial charge < -0.3 is 20.3 Å². The molecular formula is C13H18ClNO4. The van der Waals surface area contributed by atoms with Gasteiger partial charge in [0.1, 0.15) is 5.75 Å². The minimum atomic E-state index is -1.14. The van der Waals surface area contributed by atoms with E-state index < -0.39 is 12.1 Å². The summed E-state index contributed by atoms with van der Waals surface area (Å²) in [6, 6.07) is 6.84. The maximum atomic E-state index is 10.5. The minimum absolute atomic E-state index is 0.236. The van der Waals surface area contributed by atoms with Crippen LogP contribution in [0, 0.1) is 0 Å². The Bertz CT molecular complexity index is 383. The molecule has 1 rings (SSSR count). The molecule has 106 valence electrons. The van der Waals surface area contributed by atoms with E-state index >= 15 is 0 Å². The van der Waals surface area contributed by atoms with E-state index in [1.54, 1.807) is 0 Å². The normalized spacial score (nSPS) is 11.9. The molecular weight excluding hydrogens is 270 g/mol. The predicted octanol–water partition coefficient (Wildman–Crippen LogP) is 1.87. The summed E-state index contributed by atoms with van der Waals surface area (Å²) in [7, 11) is 0. The van der Waals surface area contributed by atoms with Crippen molar-refractivity contribution in [3.05, 3.63) is 29.8 Å². The minimum Gasteiger partial charge on any atom is -0.494 e. The number of rotatable bonds is 8. The number of amides is 1. The number of benzene rings is 1. The number of carboxylic acid groups (broad SMARTS) is 1. The van der Waals surface area contributed by atoms with Crippen LogP contribution in [0.25, 0.3) is 0 Å². The van der Waals surface area contributed by atoms with E-state index in [0.717, 1.165) is 17.7 Å². The molecule has 0 saturated carbocycles. The summed E-state index contributed by atoms with van der Waals surface area (Å²) in [6.45, 7) is 0.336. The highest BCUT2D eigenvalue weighted by atomic mass is 35.5. The van der Waals surface area contributed by atoms with Gasteiger partial charge in [0.15, 0.2) is 0 Å². The summed E-state index contributed by atoms with van der Waals surface area (Å²) in [5.74, 6) is 1.32. The van der Waals surface area contributed by atoms with Crippen LogP contribution in [0.4, 0.5) is 4.79 Å². The highest BCUT2D eigenvalue weighted by Gasteiger charge is 2.10. The largest absolute Gasteiger partial charge is 0.494 e. The number of aliphatic hydroxyl groups excluding tert-OH is 1. The first-order chi connectivity index (χ1) is 9.15. The smallest absolute Gasteiger partial charge is 0.404 e. The monoisotopic (exact) mass is 287 g/mol. The third-order valence-electron chi connectivity index (χ3n) is 2.50.